The van der Waals surface area contributed by atoms with E-state index in [1.165, 1.54) is 63.4 Å². The first-order valence-electron chi connectivity index (χ1n) is 13.8. The Morgan fingerprint density at radius 3 is 2.56 bits per heavy atom. The Labute approximate surface area is 195 Å². The van der Waals surface area contributed by atoms with Crippen LogP contribution >= 0.6 is 0 Å². The van der Waals surface area contributed by atoms with Gasteiger partial charge in [-0.15, -0.1) is 0 Å². The van der Waals surface area contributed by atoms with Crippen LogP contribution in [0.5, 0.6) is 0 Å². The van der Waals surface area contributed by atoms with E-state index in [0.717, 1.165) is 43.9 Å². The van der Waals surface area contributed by atoms with Gasteiger partial charge in [-0.25, -0.2) is 0 Å². The summed E-state index contributed by atoms with van der Waals surface area (Å²) in [5, 5.41) is 0. The Balaban J connectivity index is 1.25. The Hall–Kier alpha value is -1.12. The Morgan fingerprint density at radius 1 is 1.00 bits per heavy atom. The maximum atomic E-state index is 13.1. The summed E-state index contributed by atoms with van der Waals surface area (Å²) in [5.41, 5.74) is 1.81. The average Bonchev–Trinajstić information content (AvgIpc) is 3.11. The molecule has 1 unspecified atom stereocenters. The molecule has 5 rings (SSSR count). The van der Waals surface area contributed by atoms with Crippen molar-refractivity contribution in [3.8, 4) is 0 Å². The first-order valence-corrected chi connectivity index (χ1v) is 13.8. The van der Waals surface area contributed by atoms with Crippen LogP contribution in [0.2, 0.25) is 0 Å². The summed E-state index contributed by atoms with van der Waals surface area (Å²) in [6.07, 6.45) is 18.5. The van der Waals surface area contributed by atoms with E-state index in [0.29, 0.717) is 17.6 Å². The van der Waals surface area contributed by atoms with E-state index in [9.17, 15) is 9.59 Å². The molecule has 0 saturated heterocycles. The summed E-state index contributed by atoms with van der Waals surface area (Å²) in [5.74, 6) is 3.27. The van der Waals surface area contributed by atoms with Crippen LogP contribution in [0.15, 0.2) is 11.6 Å². The van der Waals surface area contributed by atoms with Gasteiger partial charge in [-0.05, 0) is 86.5 Å². The quantitative estimate of drug-likeness (QED) is 0.440. The van der Waals surface area contributed by atoms with Crippen molar-refractivity contribution in [1.82, 2.24) is 0 Å². The zero-order valence-corrected chi connectivity index (χ0v) is 20.7. The van der Waals surface area contributed by atoms with Gasteiger partial charge in [-0.3, -0.25) is 9.59 Å². The second kappa shape index (κ2) is 8.58. The molecule has 3 heteroatoms. The first kappa shape index (κ1) is 22.7. The third-order valence-electron chi connectivity index (χ3n) is 10.9. The molecule has 0 heterocycles. The number of carbonyl (C=O) groups is 2. The smallest absolute Gasteiger partial charge is 0.308 e. The van der Waals surface area contributed by atoms with Crippen LogP contribution in [0.3, 0.4) is 0 Å². The van der Waals surface area contributed by atoms with Crippen molar-refractivity contribution in [3.63, 3.8) is 0 Å². The number of ketones is 1. The van der Waals surface area contributed by atoms with Crippen molar-refractivity contribution in [2.24, 2.45) is 40.4 Å². The predicted molar refractivity (Wildman–Crippen MR) is 127 cm³/mol. The number of hydrogen-bond acceptors (Lipinski definition) is 3. The molecule has 4 saturated carbocycles. The van der Waals surface area contributed by atoms with Gasteiger partial charge in [0.15, 0.2) is 5.78 Å². The van der Waals surface area contributed by atoms with Crippen molar-refractivity contribution in [2.45, 2.75) is 117 Å². The SMILES string of the molecule is CC(CC1CCCCC1)C(=O)O[C@H]1CC[C@H]2[C@@H]3CCC4=CC(=O)CC[C@]4(C)[C@H]3CC[C@]12C. The molecule has 4 fully saturated rings. The maximum absolute atomic E-state index is 13.1. The van der Waals surface area contributed by atoms with Crippen molar-refractivity contribution in [3.05, 3.63) is 11.6 Å². The largest absolute Gasteiger partial charge is 0.462 e. The zero-order valence-electron chi connectivity index (χ0n) is 20.7. The van der Waals surface area contributed by atoms with Crippen molar-refractivity contribution in [2.75, 3.05) is 0 Å². The number of rotatable bonds is 4. The summed E-state index contributed by atoms with van der Waals surface area (Å²) in [7, 11) is 0. The number of esters is 1. The van der Waals surface area contributed by atoms with E-state index in [1.54, 1.807) is 0 Å². The molecule has 0 bridgehead atoms. The fraction of sp³-hybridized carbons (Fsp3) is 0.862. The van der Waals surface area contributed by atoms with E-state index in [-0.39, 0.29) is 28.8 Å². The highest BCUT2D eigenvalue weighted by Crippen LogP contribution is 2.65. The van der Waals surface area contributed by atoms with E-state index in [4.69, 9.17) is 4.74 Å². The zero-order chi connectivity index (χ0) is 22.5. The Bertz CT molecular complexity index is 777. The molecule has 5 aliphatic carbocycles. The molecule has 7 atom stereocenters. The molecule has 3 nitrogen and oxygen atoms in total. The molecule has 178 valence electrons. The van der Waals surface area contributed by atoms with Gasteiger partial charge in [-0.2, -0.15) is 0 Å². The standard InChI is InChI=1S/C29H44O3/c1-19(17-20-7-5-4-6-8-20)27(31)32-26-12-11-24-23-10-9-21-18-22(30)13-15-28(21,2)25(23)14-16-29(24,26)3/h18-20,23-26H,4-17H2,1-3H3/t19?,23-,24-,25-,26-,28-,29-/m0/s1. The lowest BCUT2D eigenvalue weighted by atomic mass is 9.47. The van der Waals surface area contributed by atoms with Gasteiger partial charge in [-0.1, -0.05) is 58.4 Å². The third-order valence-corrected chi connectivity index (χ3v) is 10.9. The third kappa shape index (κ3) is 3.80. The molecule has 0 aromatic rings. The van der Waals surface area contributed by atoms with Crippen LogP contribution < -0.4 is 0 Å². The lowest BCUT2D eigenvalue weighted by molar-refractivity contribution is -0.164. The minimum atomic E-state index is 0.0400. The second-order valence-corrected chi connectivity index (χ2v) is 12.7. The number of carbonyl (C=O) groups excluding carboxylic acids is 2. The van der Waals surface area contributed by atoms with Gasteiger partial charge in [0, 0.05) is 11.8 Å². The van der Waals surface area contributed by atoms with Gasteiger partial charge in [0.25, 0.3) is 0 Å². The Morgan fingerprint density at radius 2 is 1.78 bits per heavy atom. The summed E-state index contributed by atoms with van der Waals surface area (Å²) < 4.78 is 6.32. The molecule has 0 aliphatic heterocycles. The van der Waals surface area contributed by atoms with Crippen LogP contribution in [0.4, 0.5) is 0 Å². The van der Waals surface area contributed by atoms with Crippen molar-refractivity contribution < 1.29 is 14.3 Å². The van der Waals surface area contributed by atoms with E-state index >= 15 is 0 Å². The number of fused-ring (bicyclic) bond motifs is 5. The highest BCUT2D eigenvalue weighted by Gasteiger charge is 2.60. The van der Waals surface area contributed by atoms with Gasteiger partial charge in [0.1, 0.15) is 6.10 Å². The molecule has 32 heavy (non-hydrogen) atoms. The molecule has 0 aromatic heterocycles. The van der Waals surface area contributed by atoms with Crippen molar-refractivity contribution in [1.29, 1.82) is 0 Å². The summed E-state index contributed by atoms with van der Waals surface area (Å²) in [6.45, 7) is 6.98. The van der Waals surface area contributed by atoms with Crippen LogP contribution in [0.1, 0.15) is 111 Å². The molecule has 5 aliphatic rings. The lowest BCUT2D eigenvalue weighted by Crippen LogP contribution is -2.51. The monoisotopic (exact) mass is 440 g/mol. The normalized spacial score (nSPS) is 43.0. The number of hydrogen-bond donors (Lipinski definition) is 0. The predicted octanol–water partition coefficient (Wildman–Crippen LogP) is 7.04. The van der Waals surface area contributed by atoms with Gasteiger partial charge >= 0.3 is 5.97 Å². The molecular formula is C29H44O3. The fourth-order valence-electron chi connectivity index (χ4n) is 8.98. The summed E-state index contributed by atoms with van der Waals surface area (Å²) >= 11 is 0. The minimum absolute atomic E-state index is 0.0400. The van der Waals surface area contributed by atoms with Crippen LogP contribution in [-0.4, -0.2) is 17.9 Å². The fourth-order valence-corrected chi connectivity index (χ4v) is 8.98. The highest BCUT2D eigenvalue weighted by atomic mass is 16.5. The minimum Gasteiger partial charge on any atom is -0.462 e. The summed E-state index contributed by atoms with van der Waals surface area (Å²) in [6, 6.07) is 0. The molecule has 0 spiro atoms. The van der Waals surface area contributed by atoms with Gasteiger partial charge < -0.3 is 4.74 Å². The van der Waals surface area contributed by atoms with E-state index in [1.807, 2.05) is 6.08 Å². The van der Waals surface area contributed by atoms with E-state index < -0.39 is 0 Å². The van der Waals surface area contributed by atoms with Crippen LogP contribution in [0, 0.1) is 40.4 Å². The number of allylic oxidation sites excluding steroid dienone is 1. The topological polar surface area (TPSA) is 43.4 Å². The molecule has 0 amide bonds. The Kier molecular flexibility index (Phi) is 6.08. The average molecular weight is 441 g/mol. The number of ether oxygens (including phenoxy) is 1. The van der Waals surface area contributed by atoms with Gasteiger partial charge in [0.2, 0.25) is 0 Å². The first-order chi connectivity index (χ1) is 15.3. The maximum Gasteiger partial charge on any atom is 0.308 e. The molecule has 0 aromatic carbocycles. The molecule has 0 N–H and O–H groups in total. The van der Waals surface area contributed by atoms with E-state index in [2.05, 4.69) is 20.8 Å². The highest BCUT2D eigenvalue weighted by molar-refractivity contribution is 5.91. The van der Waals surface area contributed by atoms with Crippen LogP contribution in [-0.2, 0) is 14.3 Å². The van der Waals surface area contributed by atoms with Crippen LogP contribution in [0.25, 0.3) is 0 Å². The lowest BCUT2D eigenvalue weighted by Gasteiger charge is -2.57. The van der Waals surface area contributed by atoms with Gasteiger partial charge in [0.05, 0.1) is 5.92 Å². The van der Waals surface area contributed by atoms with Crippen molar-refractivity contribution >= 4 is 11.8 Å². The second-order valence-electron chi connectivity index (χ2n) is 12.7. The summed E-state index contributed by atoms with van der Waals surface area (Å²) in [4.78, 5) is 25.1. The molecule has 0 radical (unpaired) electrons. The molecular weight excluding hydrogens is 396 g/mol.